The van der Waals surface area contributed by atoms with Gasteiger partial charge in [-0.15, -0.1) is 0 Å². The molecule has 3 nitrogen and oxygen atoms in total. The van der Waals surface area contributed by atoms with Crippen molar-refractivity contribution in [2.45, 2.75) is 38.1 Å². The summed E-state index contributed by atoms with van der Waals surface area (Å²) in [5, 5.41) is 13.0. The fraction of sp³-hybridized carbons (Fsp3) is 0.588. The van der Waals surface area contributed by atoms with Crippen LogP contribution in [0.2, 0.25) is 0 Å². The Morgan fingerprint density at radius 3 is 2.80 bits per heavy atom. The summed E-state index contributed by atoms with van der Waals surface area (Å²) in [7, 11) is 2.13. The van der Waals surface area contributed by atoms with Crippen LogP contribution in [0.5, 0.6) is 0 Å². The number of para-hydroxylation sites is 1. The maximum Gasteiger partial charge on any atom is 0.109 e. The predicted molar refractivity (Wildman–Crippen MR) is 83.7 cm³/mol. The summed E-state index contributed by atoms with van der Waals surface area (Å²) >= 11 is 0. The Balaban J connectivity index is 1.95. The first-order valence-electron chi connectivity index (χ1n) is 7.64. The van der Waals surface area contributed by atoms with E-state index in [4.69, 9.17) is 0 Å². The third-order valence-electron chi connectivity index (χ3n) is 4.52. The monoisotopic (exact) mass is 271 g/mol. The molecule has 2 rings (SSSR count). The fourth-order valence-corrected chi connectivity index (χ4v) is 3.36. The van der Waals surface area contributed by atoms with Crippen molar-refractivity contribution in [3.05, 3.63) is 30.3 Å². The van der Waals surface area contributed by atoms with Crippen LogP contribution in [-0.4, -0.2) is 25.7 Å². The second-order valence-corrected chi connectivity index (χ2v) is 5.75. The Bertz CT molecular complexity index is 451. The van der Waals surface area contributed by atoms with Gasteiger partial charge in [0.1, 0.15) is 5.54 Å². The normalized spacial score (nSPS) is 25.4. The van der Waals surface area contributed by atoms with Crippen LogP contribution < -0.4 is 10.2 Å². The lowest BCUT2D eigenvalue weighted by Gasteiger charge is -2.31. The highest BCUT2D eigenvalue weighted by Crippen LogP contribution is 2.37. The molecule has 1 N–H and O–H groups in total. The Labute approximate surface area is 122 Å². The molecular weight excluding hydrogens is 246 g/mol. The number of nitriles is 1. The van der Waals surface area contributed by atoms with Gasteiger partial charge < -0.3 is 4.90 Å². The van der Waals surface area contributed by atoms with Crippen molar-refractivity contribution in [3.8, 4) is 6.07 Å². The summed E-state index contributed by atoms with van der Waals surface area (Å²) < 4.78 is 0. The zero-order valence-corrected chi connectivity index (χ0v) is 12.6. The van der Waals surface area contributed by atoms with Gasteiger partial charge in [-0.1, -0.05) is 31.5 Å². The van der Waals surface area contributed by atoms with Crippen molar-refractivity contribution < 1.29 is 0 Å². The molecule has 2 atom stereocenters. The molecule has 20 heavy (non-hydrogen) atoms. The first-order chi connectivity index (χ1) is 9.72. The van der Waals surface area contributed by atoms with Crippen LogP contribution in [0, 0.1) is 17.2 Å². The minimum Gasteiger partial charge on any atom is -0.375 e. The maximum absolute atomic E-state index is 9.57. The van der Waals surface area contributed by atoms with E-state index in [-0.39, 0.29) is 5.54 Å². The van der Waals surface area contributed by atoms with Crippen LogP contribution in [0.3, 0.4) is 0 Å². The lowest BCUT2D eigenvalue weighted by Crippen LogP contribution is -2.47. The first-order valence-corrected chi connectivity index (χ1v) is 7.64. The third kappa shape index (κ3) is 3.13. The van der Waals surface area contributed by atoms with Gasteiger partial charge in [-0.3, -0.25) is 5.32 Å². The van der Waals surface area contributed by atoms with Crippen molar-refractivity contribution in [1.29, 1.82) is 5.26 Å². The average Bonchev–Trinajstić information content (AvgIpc) is 2.89. The largest absolute Gasteiger partial charge is 0.375 e. The summed E-state index contributed by atoms with van der Waals surface area (Å²) in [6, 6.07) is 13.0. The smallest absolute Gasteiger partial charge is 0.109 e. The van der Waals surface area contributed by atoms with Gasteiger partial charge in [0.05, 0.1) is 6.07 Å². The minimum atomic E-state index is -0.285. The molecule has 1 fully saturated rings. The number of anilines is 1. The molecule has 0 spiro atoms. The van der Waals surface area contributed by atoms with Crippen molar-refractivity contribution in [1.82, 2.24) is 5.32 Å². The van der Waals surface area contributed by atoms with Crippen LogP contribution in [0.15, 0.2) is 30.3 Å². The van der Waals surface area contributed by atoms with Crippen LogP contribution in [0.1, 0.15) is 32.6 Å². The average molecular weight is 271 g/mol. The van der Waals surface area contributed by atoms with E-state index in [1.807, 2.05) is 6.07 Å². The van der Waals surface area contributed by atoms with Gasteiger partial charge in [-0.05, 0) is 43.9 Å². The van der Waals surface area contributed by atoms with E-state index in [1.165, 1.54) is 18.5 Å². The molecule has 1 aliphatic carbocycles. The summed E-state index contributed by atoms with van der Waals surface area (Å²) in [6.45, 7) is 3.96. The fourth-order valence-electron chi connectivity index (χ4n) is 3.36. The Kier molecular flexibility index (Phi) is 5.03. The number of nitrogens with zero attached hydrogens (tertiary/aromatic N) is 2. The van der Waals surface area contributed by atoms with Gasteiger partial charge in [0.25, 0.3) is 0 Å². The lowest BCUT2D eigenvalue weighted by molar-refractivity contribution is 0.309. The molecular formula is C17H25N3. The molecule has 1 saturated carbocycles. The predicted octanol–water partition coefficient (Wildman–Crippen LogP) is 3.18. The van der Waals surface area contributed by atoms with E-state index >= 15 is 0 Å². The van der Waals surface area contributed by atoms with Crippen molar-refractivity contribution in [2.24, 2.45) is 5.92 Å². The van der Waals surface area contributed by atoms with Gasteiger partial charge in [0.15, 0.2) is 0 Å². The van der Waals surface area contributed by atoms with Gasteiger partial charge in [0.2, 0.25) is 0 Å². The van der Waals surface area contributed by atoms with Crippen molar-refractivity contribution in [2.75, 3.05) is 25.0 Å². The first kappa shape index (κ1) is 14.9. The van der Waals surface area contributed by atoms with Gasteiger partial charge in [0, 0.05) is 19.3 Å². The van der Waals surface area contributed by atoms with Crippen LogP contribution in [0.25, 0.3) is 0 Å². The van der Waals surface area contributed by atoms with E-state index < -0.39 is 0 Å². The summed E-state index contributed by atoms with van der Waals surface area (Å²) in [4.78, 5) is 2.28. The Morgan fingerprint density at radius 1 is 1.40 bits per heavy atom. The molecule has 0 aliphatic heterocycles. The minimum absolute atomic E-state index is 0.285. The Hall–Kier alpha value is -1.53. The van der Waals surface area contributed by atoms with E-state index in [1.54, 1.807) is 0 Å². The topological polar surface area (TPSA) is 39.1 Å². The second kappa shape index (κ2) is 6.76. The molecule has 0 heterocycles. The molecule has 108 valence electrons. The number of nitrogens with one attached hydrogen (secondary N) is 1. The zero-order valence-electron chi connectivity index (χ0n) is 12.6. The van der Waals surface area contributed by atoms with Crippen LogP contribution >= 0.6 is 0 Å². The second-order valence-electron chi connectivity index (χ2n) is 5.75. The van der Waals surface area contributed by atoms with Gasteiger partial charge in [-0.2, -0.15) is 5.26 Å². The van der Waals surface area contributed by atoms with Gasteiger partial charge in [-0.25, -0.2) is 0 Å². The third-order valence-corrected chi connectivity index (χ3v) is 4.52. The van der Waals surface area contributed by atoms with E-state index in [9.17, 15) is 5.26 Å². The van der Waals surface area contributed by atoms with Crippen LogP contribution in [0.4, 0.5) is 5.69 Å². The van der Waals surface area contributed by atoms with Crippen molar-refractivity contribution >= 4 is 5.69 Å². The molecule has 0 bridgehead atoms. The Morgan fingerprint density at radius 2 is 2.15 bits per heavy atom. The van der Waals surface area contributed by atoms with Gasteiger partial charge >= 0.3 is 0 Å². The van der Waals surface area contributed by atoms with Crippen molar-refractivity contribution in [3.63, 3.8) is 0 Å². The summed E-state index contributed by atoms with van der Waals surface area (Å²) in [5.74, 6) is 0.471. The summed E-state index contributed by atoms with van der Waals surface area (Å²) in [5.41, 5.74) is 0.961. The van der Waals surface area contributed by atoms with Crippen LogP contribution in [-0.2, 0) is 0 Å². The molecule has 0 radical (unpaired) electrons. The molecule has 1 aromatic rings. The SMILES string of the molecule is CCNC1(C#N)CCCC1CCN(C)c1ccccc1. The number of benzene rings is 1. The number of rotatable bonds is 6. The quantitative estimate of drug-likeness (QED) is 0.863. The maximum atomic E-state index is 9.57. The van der Waals surface area contributed by atoms with E-state index in [2.05, 4.69) is 54.5 Å². The highest BCUT2D eigenvalue weighted by molar-refractivity contribution is 5.44. The molecule has 1 aliphatic rings. The highest BCUT2D eigenvalue weighted by Gasteiger charge is 2.42. The molecule has 0 aromatic heterocycles. The lowest BCUT2D eigenvalue weighted by atomic mass is 9.85. The molecule has 2 unspecified atom stereocenters. The molecule has 0 amide bonds. The standard InChI is InChI=1S/C17H25N3/c1-3-19-17(14-18)12-7-8-15(17)11-13-20(2)16-9-5-4-6-10-16/h4-6,9-10,15,19H,3,7-8,11-13H2,1-2H3. The molecule has 3 heteroatoms. The molecule has 0 saturated heterocycles. The zero-order chi connectivity index (χ0) is 14.4. The highest BCUT2D eigenvalue weighted by atomic mass is 15.1. The number of hydrogen-bond acceptors (Lipinski definition) is 3. The molecule has 1 aromatic carbocycles. The summed E-state index contributed by atoms with van der Waals surface area (Å²) in [6.07, 6.45) is 4.41. The van der Waals surface area contributed by atoms with E-state index in [0.29, 0.717) is 5.92 Å². The van der Waals surface area contributed by atoms with E-state index in [0.717, 1.165) is 25.9 Å². The number of hydrogen-bond donors (Lipinski definition) is 1.